The van der Waals surface area contributed by atoms with Gasteiger partial charge in [0, 0.05) is 18.7 Å². The van der Waals surface area contributed by atoms with Gasteiger partial charge in [0.05, 0.1) is 18.1 Å². The van der Waals surface area contributed by atoms with Gasteiger partial charge in [-0.1, -0.05) is 41.9 Å². The monoisotopic (exact) mass is 316 g/mol. The van der Waals surface area contributed by atoms with Crippen LogP contribution in [0.1, 0.15) is 12.0 Å². The highest BCUT2D eigenvalue weighted by molar-refractivity contribution is 6.30. The largest absolute Gasteiger partial charge is 0.471 e. The van der Waals surface area contributed by atoms with E-state index in [1.54, 1.807) is 18.3 Å². The maximum Gasteiger partial charge on any atom is 0.223 e. The summed E-state index contributed by atoms with van der Waals surface area (Å²) in [4.78, 5) is 18.0. The van der Waals surface area contributed by atoms with Gasteiger partial charge in [-0.05, 0) is 18.1 Å². The number of nitrogens with zero attached hydrogens (tertiary/aromatic N) is 2. The smallest absolute Gasteiger partial charge is 0.223 e. The van der Waals surface area contributed by atoms with Gasteiger partial charge in [-0.2, -0.15) is 0 Å². The number of rotatable bonds is 5. The summed E-state index contributed by atoms with van der Waals surface area (Å²) in [6.07, 6.45) is 2.89. The van der Waals surface area contributed by atoms with Crippen LogP contribution in [0.3, 0.4) is 0 Å². The van der Waals surface area contributed by atoms with Crippen LogP contribution in [-0.4, -0.2) is 35.0 Å². The van der Waals surface area contributed by atoms with Gasteiger partial charge < -0.3 is 9.64 Å². The number of benzene rings is 1. The first-order valence-electron chi connectivity index (χ1n) is 7.30. The van der Waals surface area contributed by atoms with E-state index in [0.29, 0.717) is 30.4 Å². The van der Waals surface area contributed by atoms with Gasteiger partial charge in [-0.25, -0.2) is 4.98 Å². The van der Waals surface area contributed by atoms with Gasteiger partial charge >= 0.3 is 0 Å². The molecule has 0 saturated carbocycles. The highest BCUT2D eigenvalue weighted by Crippen LogP contribution is 2.18. The Labute approximate surface area is 134 Å². The van der Waals surface area contributed by atoms with Gasteiger partial charge in [0.25, 0.3) is 0 Å². The summed E-state index contributed by atoms with van der Waals surface area (Å²) in [7, 11) is 0. The minimum Gasteiger partial charge on any atom is -0.471 e. The lowest BCUT2D eigenvalue weighted by Crippen LogP contribution is -2.56. The van der Waals surface area contributed by atoms with Crippen molar-refractivity contribution < 1.29 is 9.53 Å². The fourth-order valence-electron chi connectivity index (χ4n) is 2.37. The molecule has 0 unspecified atom stereocenters. The molecule has 1 fully saturated rings. The topological polar surface area (TPSA) is 42.4 Å². The average molecular weight is 317 g/mol. The molecule has 0 aliphatic carbocycles. The zero-order chi connectivity index (χ0) is 15.4. The summed E-state index contributed by atoms with van der Waals surface area (Å²) in [5, 5.41) is 0.582. The number of likely N-dealkylation sites (tertiary alicyclic amines) is 1. The summed E-state index contributed by atoms with van der Waals surface area (Å²) in [5.74, 6) is 0.721. The van der Waals surface area contributed by atoms with Gasteiger partial charge in [0.2, 0.25) is 11.8 Å². The maximum atomic E-state index is 12.1. The molecule has 1 aliphatic heterocycles. The molecule has 1 aromatic heterocycles. The number of ether oxygens (including phenoxy) is 1. The van der Waals surface area contributed by atoms with E-state index < -0.39 is 0 Å². The van der Waals surface area contributed by atoms with E-state index in [2.05, 4.69) is 4.98 Å². The number of halogens is 1. The molecular weight excluding hydrogens is 300 g/mol. The first kappa shape index (κ1) is 14.9. The van der Waals surface area contributed by atoms with Crippen molar-refractivity contribution in [3.63, 3.8) is 0 Å². The fraction of sp³-hybridized carbons (Fsp3) is 0.294. The summed E-state index contributed by atoms with van der Waals surface area (Å²) >= 11 is 5.78. The number of hydrogen-bond acceptors (Lipinski definition) is 3. The van der Waals surface area contributed by atoms with E-state index in [9.17, 15) is 4.79 Å². The molecule has 0 N–H and O–H groups in total. The molecule has 0 spiro atoms. The lowest BCUT2D eigenvalue weighted by atomic mass is 10.1. The van der Waals surface area contributed by atoms with Gasteiger partial charge in [-0.3, -0.25) is 4.79 Å². The molecular formula is C17H17ClN2O2. The van der Waals surface area contributed by atoms with Crippen LogP contribution < -0.4 is 4.74 Å². The highest BCUT2D eigenvalue weighted by atomic mass is 35.5. The van der Waals surface area contributed by atoms with Crippen molar-refractivity contribution in [2.24, 2.45) is 0 Å². The van der Waals surface area contributed by atoms with Crippen LogP contribution in [0.4, 0.5) is 0 Å². The normalized spacial score (nSPS) is 14.5. The van der Waals surface area contributed by atoms with Crippen LogP contribution in [0.5, 0.6) is 5.88 Å². The zero-order valence-corrected chi connectivity index (χ0v) is 12.9. The second-order valence-corrected chi connectivity index (χ2v) is 5.78. The van der Waals surface area contributed by atoms with Gasteiger partial charge in [0.1, 0.15) is 6.10 Å². The Kier molecular flexibility index (Phi) is 4.59. The third-order valence-corrected chi connectivity index (χ3v) is 3.88. The van der Waals surface area contributed by atoms with Crippen molar-refractivity contribution in [3.8, 4) is 5.88 Å². The summed E-state index contributed by atoms with van der Waals surface area (Å²) < 4.78 is 5.68. The van der Waals surface area contributed by atoms with Crippen molar-refractivity contribution in [1.29, 1.82) is 0 Å². The molecule has 1 saturated heterocycles. The number of amides is 1. The molecule has 3 rings (SSSR count). The molecule has 1 aliphatic rings. The van der Waals surface area contributed by atoms with E-state index in [-0.39, 0.29) is 12.0 Å². The predicted molar refractivity (Wildman–Crippen MR) is 85.0 cm³/mol. The Morgan fingerprint density at radius 3 is 2.68 bits per heavy atom. The highest BCUT2D eigenvalue weighted by Gasteiger charge is 2.32. The molecule has 0 radical (unpaired) electrons. The molecule has 5 heteroatoms. The van der Waals surface area contributed by atoms with Gasteiger partial charge in [-0.15, -0.1) is 0 Å². The predicted octanol–water partition coefficient (Wildman–Crippen LogP) is 2.96. The van der Waals surface area contributed by atoms with Crippen LogP contribution >= 0.6 is 11.6 Å². The second kappa shape index (κ2) is 6.79. The van der Waals surface area contributed by atoms with Gasteiger partial charge in [0.15, 0.2) is 0 Å². The number of carbonyl (C=O) groups excluding carboxylic acids is 1. The quantitative estimate of drug-likeness (QED) is 0.851. The lowest BCUT2D eigenvalue weighted by Gasteiger charge is -2.38. The van der Waals surface area contributed by atoms with Crippen molar-refractivity contribution in [3.05, 3.63) is 59.2 Å². The van der Waals surface area contributed by atoms with E-state index in [1.807, 2.05) is 35.2 Å². The first-order valence-corrected chi connectivity index (χ1v) is 7.68. The molecule has 22 heavy (non-hydrogen) atoms. The fourth-order valence-corrected chi connectivity index (χ4v) is 2.48. The number of hydrogen-bond donors (Lipinski definition) is 0. The summed E-state index contributed by atoms with van der Waals surface area (Å²) in [6.45, 7) is 1.25. The standard InChI is InChI=1S/C17H17ClN2O2/c18-14-7-8-16(19-10-14)22-15-11-20(12-15)17(21)9-6-13-4-2-1-3-5-13/h1-5,7-8,10,15H,6,9,11-12H2. The molecule has 1 aromatic carbocycles. The number of aryl methyl sites for hydroxylation is 1. The van der Waals surface area contributed by atoms with Crippen LogP contribution in [0.2, 0.25) is 5.02 Å². The number of carbonyl (C=O) groups is 1. The van der Waals surface area contributed by atoms with Crippen molar-refractivity contribution in [2.45, 2.75) is 18.9 Å². The second-order valence-electron chi connectivity index (χ2n) is 5.34. The molecule has 1 amide bonds. The van der Waals surface area contributed by atoms with E-state index in [4.69, 9.17) is 16.3 Å². The van der Waals surface area contributed by atoms with Crippen LogP contribution in [0, 0.1) is 0 Å². The zero-order valence-electron chi connectivity index (χ0n) is 12.1. The van der Waals surface area contributed by atoms with E-state index >= 15 is 0 Å². The third-order valence-electron chi connectivity index (χ3n) is 3.66. The Morgan fingerprint density at radius 1 is 1.23 bits per heavy atom. The Morgan fingerprint density at radius 2 is 2.00 bits per heavy atom. The molecule has 2 aromatic rings. The Bertz CT molecular complexity index is 625. The van der Waals surface area contributed by atoms with Crippen molar-refractivity contribution >= 4 is 17.5 Å². The van der Waals surface area contributed by atoms with E-state index in [1.165, 1.54) is 5.56 Å². The first-order chi connectivity index (χ1) is 10.7. The summed E-state index contributed by atoms with van der Waals surface area (Å²) in [5.41, 5.74) is 1.19. The number of pyridine rings is 1. The van der Waals surface area contributed by atoms with Crippen LogP contribution in [0.25, 0.3) is 0 Å². The molecule has 4 nitrogen and oxygen atoms in total. The molecule has 114 valence electrons. The van der Waals surface area contributed by atoms with Crippen molar-refractivity contribution in [1.82, 2.24) is 9.88 Å². The molecule has 0 atom stereocenters. The maximum absolute atomic E-state index is 12.1. The SMILES string of the molecule is O=C(CCc1ccccc1)N1CC(Oc2ccc(Cl)cn2)C1. The van der Waals surface area contributed by atoms with Crippen LogP contribution in [0.15, 0.2) is 48.7 Å². The minimum absolute atomic E-state index is 0.0225. The average Bonchev–Trinajstić information content (AvgIpc) is 2.51. The Balaban J connectivity index is 1.41. The summed E-state index contributed by atoms with van der Waals surface area (Å²) in [6, 6.07) is 13.5. The third kappa shape index (κ3) is 3.77. The van der Waals surface area contributed by atoms with Crippen LogP contribution in [-0.2, 0) is 11.2 Å². The molecule has 2 heterocycles. The minimum atomic E-state index is 0.0225. The Hall–Kier alpha value is -2.07. The van der Waals surface area contributed by atoms with Crippen molar-refractivity contribution in [2.75, 3.05) is 13.1 Å². The lowest BCUT2D eigenvalue weighted by molar-refractivity contribution is -0.140. The molecule has 0 bridgehead atoms. The van der Waals surface area contributed by atoms with E-state index in [0.717, 1.165) is 6.42 Å². The number of aromatic nitrogens is 1.